The van der Waals surface area contributed by atoms with Crippen molar-refractivity contribution >= 4 is 22.9 Å². The Morgan fingerprint density at radius 2 is 2.29 bits per heavy atom. The van der Waals surface area contributed by atoms with Crippen molar-refractivity contribution in [2.24, 2.45) is 0 Å². The third kappa shape index (κ3) is 3.01. The fourth-order valence-corrected chi connectivity index (χ4v) is 2.39. The van der Waals surface area contributed by atoms with E-state index in [2.05, 4.69) is 0 Å². The van der Waals surface area contributed by atoms with Gasteiger partial charge in [0.25, 0.3) is 11.6 Å². The number of carbonyl (C=O) groups is 1. The van der Waals surface area contributed by atoms with Gasteiger partial charge in [0.05, 0.1) is 21.3 Å². The van der Waals surface area contributed by atoms with Crippen molar-refractivity contribution < 1.29 is 14.8 Å². The minimum absolute atomic E-state index is 0.0293. The van der Waals surface area contributed by atoms with E-state index in [1.165, 1.54) is 11.0 Å². The number of rotatable bonds is 5. The zero-order valence-electron chi connectivity index (χ0n) is 9.67. The van der Waals surface area contributed by atoms with Gasteiger partial charge >= 0.3 is 0 Å². The molecular formula is C10H14N2O4S. The maximum absolute atomic E-state index is 12.0. The molecule has 1 N–H and O–H groups in total. The Bertz CT molecular complexity index is 430. The lowest BCUT2D eigenvalue weighted by molar-refractivity contribution is -0.385. The summed E-state index contributed by atoms with van der Waals surface area (Å²) in [5, 5.41) is 19.5. The Morgan fingerprint density at radius 1 is 1.65 bits per heavy atom. The van der Waals surface area contributed by atoms with Gasteiger partial charge in [-0.05, 0) is 13.8 Å². The molecule has 0 saturated carbocycles. The van der Waals surface area contributed by atoms with Crippen LogP contribution in [0.2, 0.25) is 0 Å². The van der Waals surface area contributed by atoms with Gasteiger partial charge in [-0.2, -0.15) is 0 Å². The number of hydrogen-bond acceptors (Lipinski definition) is 5. The lowest BCUT2D eigenvalue weighted by atomic mass is 10.3. The van der Waals surface area contributed by atoms with Crippen LogP contribution in [0.1, 0.15) is 21.5 Å². The van der Waals surface area contributed by atoms with Crippen LogP contribution in [-0.2, 0) is 0 Å². The smallest absolute Gasteiger partial charge is 0.283 e. The van der Waals surface area contributed by atoms with E-state index < -0.39 is 4.92 Å². The van der Waals surface area contributed by atoms with Gasteiger partial charge in [0.1, 0.15) is 0 Å². The fraction of sp³-hybridized carbons (Fsp3) is 0.500. The predicted molar refractivity (Wildman–Crippen MR) is 64.4 cm³/mol. The highest BCUT2D eigenvalue weighted by Crippen LogP contribution is 2.28. The van der Waals surface area contributed by atoms with Crippen molar-refractivity contribution in [2.75, 3.05) is 19.7 Å². The molecule has 0 bridgehead atoms. The van der Waals surface area contributed by atoms with Crippen LogP contribution in [0.15, 0.2) is 6.07 Å². The Morgan fingerprint density at radius 3 is 2.71 bits per heavy atom. The predicted octanol–water partition coefficient (Wildman–Crippen LogP) is 1.42. The molecule has 1 aromatic rings. The lowest BCUT2D eigenvalue weighted by Gasteiger charge is -2.18. The van der Waals surface area contributed by atoms with E-state index in [0.717, 1.165) is 11.3 Å². The number of amides is 1. The van der Waals surface area contributed by atoms with Crippen molar-refractivity contribution in [1.82, 2.24) is 4.90 Å². The number of aliphatic hydroxyl groups is 1. The van der Waals surface area contributed by atoms with Crippen molar-refractivity contribution in [3.8, 4) is 0 Å². The van der Waals surface area contributed by atoms with E-state index in [1.54, 1.807) is 13.8 Å². The third-order valence-electron chi connectivity index (χ3n) is 2.34. The molecule has 1 rings (SSSR count). The molecule has 7 heteroatoms. The number of aryl methyl sites for hydroxylation is 1. The average Bonchev–Trinajstić information content (AvgIpc) is 2.67. The first-order valence-electron chi connectivity index (χ1n) is 5.16. The summed E-state index contributed by atoms with van der Waals surface area (Å²) in [6.45, 7) is 3.99. The second kappa shape index (κ2) is 5.74. The molecule has 0 aliphatic rings. The van der Waals surface area contributed by atoms with Crippen LogP contribution in [-0.4, -0.2) is 40.5 Å². The summed E-state index contributed by atoms with van der Waals surface area (Å²) in [6, 6.07) is 1.29. The first-order valence-corrected chi connectivity index (χ1v) is 5.97. The Balaban J connectivity index is 2.96. The van der Waals surface area contributed by atoms with Gasteiger partial charge in [0.15, 0.2) is 0 Å². The van der Waals surface area contributed by atoms with E-state index in [1.807, 2.05) is 0 Å². The minimum Gasteiger partial charge on any atom is -0.395 e. The first-order chi connectivity index (χ1) is 8.01. The average molecular weight is 258 g/mol. The summed E-state index contributed by atoms with van der Waals surface area (Å²) in [4.78, 5) is 24.4. The molecule has 0 fully saturated rings. The lowest BCUT2D eigenvalue weighted by Crippen LogP contribution is -2.32. The molecule has 0 aliphatic carbocycles. The second-order valence-electron chi connectivity index (χ2n) is 3.42. The van der Waals surface area contributed by atoms with Crippen LogP contribution in [0.3, 0.4) is 0 Å². The molecule has 6 nitrogen and oxygen atoms in total. The molecule has 0 radical (unpaired) electrons. The van der Waals surface area contributed by atoms with Crippen molar-refractivity contribution in [3.63, 3.8) is 0 Å². The summed E-state index contributed by atoms with van der Waals surface area (Å²) in [6.07, 6.45) is 0. The summed E-state index contributed by atoms with van der Waals surface area (Å²) in [7, 11) is 0. The van der Waals surface area contributed by atoms with E-state index in [9.17, 15) is 14.9 Å². The van der Waals surface area contributed by atoms with E-state index >= 15 is 0 Å². The number of hydrogen-bond donors (Lipinski definition) is 1. The standard InChI is InChI=1S/C10H14N2O4S/c1-3-11(4-5-13)10(14)9-6-8(12(15)16)7(2)17-9/h6,13H,3-5H2,1-2H3. The minimum atomic E-state index is -0.495. The molecule has 0 saturated heterocycles. The van der Waals surface area contributed by atoms with Gasteiger partial charge in [0, 0.05) is 19.2 Å². The number of nitro groups is 1. The normalized spacial score (nSPS) is 10.3. The van der Waals surface area contributed by atoms with Crippen LogP contribution < -0.4 is 0 Å². The van der Waals surface area contributed by atoms with Crippen LogP contribution in [0.25, 0.3) is 0 Å². The van der Waals surface area contributed by atoms with E-state index in [4.69, 9.17) is 5.11 Å². The van der Waals surface area contributed by atoms with Gasteiger partial charge in [-0.25, -0.2) is 0 Å². The molecule has 0 spiro atoms. The summed E-state index contributed by atoms with van der Waals surface area (Å²) < 4.78 is 0. The van der Waals surface area contributed by atoms with Crippen LogP contribution in [0.5, 0.6) is 0 Å². The van der Waals surface area contributed by atoms with Crippen molar-refractivity contribution in [2.45, 2.75) is 13.8 Å². The maximum Gasteiger partial charge on any atom is 0.283 e. The molecule has 0 aromatic carbocycles. The molecular weight excluding hydrogens is 244 g/mol. The monoisotopic (exact) mass is 258 g/mol. The number of carbonyl (C=O) groups excluding carboxylic acids is 1. The van der Waals surface area contributed by atoms with Crippen LogP contribution in [0.4, 0.5) is 5.69 Å². The van der Waals surface area contributed by atoms with Gasteiger partial charge in [-0.1, -0.05) is 0 Å². The highest BCUT2D eigenvalue weighted by atomic mass is 32.1. The zero-order chi connectivity index (χ0) is 13.0. The van der Waals surface area contributed by atoms with Crippen molar-refractivity contribution in [1.29, 1.82) is 0 Å². The summed E-state index contributed by atoms with van der Waals surface area (Å²) >= 11 is 1.11. The molecule has 1 heterocycles. The van der Waals surface area contributed by atoms with Crippen molar-refractivity contribution in [3.05, 3.63) is 25.9 Å². The molecule has 0 unspecified atom stereocenters. The number of aliphatic hydroxyl groups excluding tert-OH is 1. The van der Waals surface area contributed by atoms with E-state index in [0.29, 0.717) is 16.3 Å². The topological polar surface area (TPSA) is 83.7 Å². The first kappa shape index (κ1) is 13.6. The SMILES string of the molecule is CCN(CCO)C(=O)c1cc([N+](=O)[O-])c(C)s1. The Hall–Kier alpha value is -1.47. The fourth-order valence-electron chi connectivity index (χ4n) is 1.44. The molecule has 0 aliphatic heterocycles. The summed E-state index contributed by atoms with van der Waals surface area (Å²) in [5.41, 5.74) is -0.0293. The Kier molecular flexibility index (Phi) is 4.59. The molecule has 1 amide bonds. The zero-order valence-corrected chi connectivity index (χ0v) is 10.5. The highest BCUT2D eigenvalue weighted by molar-refractivity contribution is 7.14. The van der Waals surface area contributed by atoms with Crippen LogP contribution >= 0.6 is 11.3 Å². The molecule has 1 aromatic heterocycles. The maximum atomic E-state index is 12.0. The van der Waals surface area contributed by atoms with Gasteiger partial charge < -0.3 is 10.0 Å². The van der Waals surface area contributed by atoms with Gasteiger partial charge in [0.2, 0.25) is 0 Å². The van der Waals surface area contributed by atoms with Gasteiger partial charge in [-0.15, -0.1) is 11.3 Å². The third-order valence-corrected chi connectivity index (χ3v) is 3.37. The Labute approximate surface area is 103 Å². The number of nitrogens with zero attached hydrogens (tertiary/aromatic N) is 2. The van der Waals surface area contributed by atoms with Gasteiger partial charge in [-0.3, -0.25) is 14.9 Å². The second-order valence-corrected chi connectivity index (χ2v) is 4.67. The van der Waals surface area contributed by atoms with E-state index in [-0.39, 0.29) is 24.7 Å². The number of likely N-dealkylation sites (N-methyl/N-ethyl adjacent to an activating group) is 1. The highest BCUT2D eigenvalue weighted by Gasteiger charge is 2.22. The molecule has 0 atom stereocenters. The summed E-state index contributed by atoms with van der Waals surface area (Å²) in [5.74, 6) is -0.275. The largest absolute Gasteiger partial charge is 0.395 e. The molecule has 17 heavy (non-hydrogen) atoms. The molecule has 94 valence electrons. The van der Waals surface area contributed by atoms with Crippen LogP contribution in [0, 0.1) is 17.0 Å². The number of thiophene rings is 1. The quantitative estimate of drug-likeness (QED) is 0.639.